The third-order valence-electron chi connectivity index (χ3n) is 4.37. The van der Waals surface area contributed by atoms with Gasteiger partial charge in [-0.2, -0.15) is 0 Å². The molecular formula is C17H28N4O5. The van der Waals surface area contributed by atoms with Crippen molar-refractivity contribution in [3.8, 4) is 0 Å². The van der Waals surface area contributed by atoms with Crippen LogP contribution in [0.2, 0.25) is 0 Å². The van der Waals surface area contributed by atoms with Crippen LogP contribution in [0, 0.1) is 11.8 Å². The molecule has 0 radical (unpaired) electrons. The van der Waals surface area contributed by atoms with Gasteiger partial charge in [-0.1, -0.05) is 34.1 Å². The average Bonchev–Trinajstić information content (AvgIpc) is 2.56. The number of hydrogen-bond acceptors (Lipinski definition) is 6. The Bertz CT molecular complexity index is 794. The van der Waals surface area contributed by atoms with Gasteiger partial charge in [0.1, 0.15) is 17.4 Å². The molecule has 0 saturated heterocycles. The van der Waals surface area contributed by atoms with Crippen molar-refractivity contribution in [2.24, 2.45) is 18.9 Å². The second-order valence-electron chi connectivity index (χ2n) is 6.92. The van der Waals surface area contributed by atoms with Gasteiger partial charge in [-0.05, 0) is 11.8 Å². The Morgan fingerprint density at radius 1 is 1.23 bits per heavy atom. The van der Waals surface area contributed by atoms with Gasteiger partial charge in [0.2, 0.25) is 0 Å². The molecular weight excluding hydrogens is 340 g/mol. The lowest BCUT2D eigenvalue weighted by Gasteiger charge is -2.20. The lowest BCUT2D eigenvalue weighted by Crippen LogP contribution is -2.47. The number of nitrogen functional groups attached to an aromatic ring is 1. The average molecular weight is 368 g/mol. The molecule has 0 amide bonds. The van der Waals surface area contributed by atoms with Gasteiger partial charge in [-0.15, -0.1) is 0 Å². The van der Waals surface area contributed by atoms with E-state index in [1.807, 2.05) is 20.8 Å². The quantitative estimate of drug-likeness (QED) is 0.524. The number of Topliss-reactive ketones (excluding diaryl/α,β-unsaturated/α-hetero) is 1. The fourth-order valence-corrected chi connectivity index (χ4v) is 2.65. The lowest BCUT2D eigenvalue weighted by molar-refractivity contribution is -0.140. The van der Waals surface area contributed by atoms with Gasteiger partial charge in [0, 0.05) is 13.6 Å². The maximum absolute atomic E-state index is 12.6. The Labute approximate surface area is 151 Å². The normalized spacial score (nSPS) is 13.6. The molecule has 0 aliphatic heterocycles. The van der Waals surface area contributed by atoms with Crippen LogP contribution >= 0.6 is 0 Å². The van der Waals surface area contributed by atoms with Gasteiger partial charge in [0.15, 0.2) is 5.78 Å². The van der Waals surface area contributed by atoms with Crippen molar-refractivity contribution < 1.29 is 14.7 Å². The van der Waals surface area contributed by atoms with Crippen molar-refractivity contribution in [3.63, 3.8) is 0 Å². The Morgan fingerprint density at radius 2 is 1.81 bits per heavy atom. The molecule has 9 heteroatoms. The molecule has 26 heavy (non-hydrogen) atoms. The Balaban J connectivity index is 3.24. The summed E-state index contributed by atoms with van der Waals surface area (Å²) in [6.45, 7) is 7.26. The van der Waals surface area contributed by atoms with Gasteiger partial charge in [-0.25, -0.2) is 4.79 Å². The van der Waals surface area contributed by atoms with Crippen LogP contribution in [0.5, 0.6) is 0 Å². The maximum atomic E-state index is 12.6. The van der Waals surface area contributed by atoms with E-state index in [0.717, 1.165) is 4.57 Å². The lowest BCUT2D eigenvalue weighted by atomic mass is 9.99. The fourth-order valence-electron chi connectivity index (χ4n) is 2.65. The van der Waals surface area contributed by atoms with Crippen molar-refractivity contribution in [1.29, 1.82) is 0 Å². The van der Waals surface area contributed by atoms with E-state index in [9.17, 15) is 24.3 Å². The van der Waals surface area contributed by atoms with Gasteiger partial charge in [0.25, 0.3) is 5.56 Å². The van der Waals surface area contributed by atoms with Crippen LogP contribution < -0.4 is 22.3 Å². The number of nitrogens with one attached hydrogen (secondary N) is 1. The summed E-state index contributed by atoms with van der Waals surface area (Å²) >= 11 is 0. The fraction of sp³-hybridized carbons (Fsp3) is 0.647. The number of ketones is 1. The smallest absolute Gasteiger partial charge is 0.332 e. The Kier molecular flexibility index (Phi) is 7.31. The standard InChI is InChI=1S/C17H28N4O5/c1-6-10(4)13(16(24)25)19-7-11(22)12-14(18)21(8-9(2)3)17(26)20(5)15(12)23/h9-10,13,19H,6-8,18H2,1-5H3,(H,24,25)/t10-,13-/m0/s1. The van der Waals surface area contributed by atoms with Gasteiger partial charge in [-0.3, -0.25) is 28.8 Å². The van der Waals surface area contributed by atoms with Crippen LogP contribution in [0.4, 0.5) is 5.82 Å². The highest BCUT2D eigenvalue weighted by Gasteiger charge is 2.26. The molecule has 2 atom stereocenters. The van der Waals surface area contributed by atoms with E-state index in [4.69, 9.17) is 5.73 Å². The second kappa shape index (κ2) is 8.79. The second-order valence-corrected chi connectivity index (χ2v) is 6.92. The molecule has 0 saturated carbocycles. The highest BCUT2D eigenvalue weighted by atomic mass is 16.4. The number of carbonyl (C=O) groups is 2. The molecule has 146 valence electrons. The number of carboxylic acid groups (broad SMARTS) is 1. The molecule has 0 spiro atoms. The number of rotatable bonds is 9. The first kappa shape index (κ1) is 21.6. The SMILES string of the molecule is CC[C@H](C)[C@H](NCC(=O)c1c(N)n(CC(C)C)c(=O)n(C)c1=O)C(=O)O. The third-order valence-corrected chi connectivity index (χ3v) is 4.37. The van der Waals surface area contributed by atoms with Crippen molar-refractivity contribution >= 4 is 17.6 Å². The largest absolute Gasteiger partial charge is 0.480 e. The molecule has 4 N–H and O–H groups in total. The summed E-state index contributed by atoms with van der Waals surface area (Å²) in [6.07, 6.45) is 0.612. The minimum absolute atomic E-state index is 0.0790. The zero-order valence-electron chi connectivity index (χ0n) is 15.9. The zero-order chi connectivity index (χ0) is 20.2. The molecule has 1 rings (SSSR count). The van der Waals surface area contributed by atoms with Crippen LogP contribution in [0.25, 0.3) is 0 Å². The van der Waals surface area contributed by atoms with Crippen molar-refractivity contribution in [1.82, 2.24) is 14.5 Å². The number of nitrogens with two attached hydrogens (primary N) is 1. The van der Waals surface area contributed by atoms with E-state index >= 15 is 0 Å². The molecule has 1 aromatic heterocycles. The summed E-state index contributed by atoms with van der Waals surface area (Å²) in [5.74, 6) is -2.02. The molecule has 0 aliphatic carbocycles. The van der Waals surface area contributed by atoms with E-state index in [0.29, 0.717) is 6.42 Å². The van der Waals surface area contributed by atoms with Gasteiger partial charge in [0.05, 0.1) is 6.54 Å². The molecule has 1 aromatic rings. The minimum atomic E-state index is -1.07. The van der Waals surface area contributed by atoms with Crippen LogP contribution in [0.1, 0.15) is 44.5 Å². The molecule has 1 heterocycles. The van der Waals surface area contributed by atoms with E-state index in [1.165, 1.54) is 11.6 Å². The minimum Gasteiger partial charge on any atom is -0.480 e. The predicted octanol–water partition coefficient (Wildman–Crippen LogP) is 0.0568. The molecule has 0 aromatic carbocycles. The summed E-state index contributed by atoms with van der Waals surface area (Å²) in [6, 6.07) is -0.921. The highest BCUT2D eigenvalue weighted by Crippen LogP contribution is 2.10. The van der Waals surface area contributed by atoms with E-state index in [2.05, 4.69) is 5.32 Å². The van der Waals surface area contributed by atoms with Crippen molar-refractivity contribution in [2.45, 2.75) is 46.7 Å². The Hall–Kier alpha value is -2.42. The summed E-state index contributed by atoms with van der Waals surface area (Å²) in [5, 5.41) is 12.0. The number of aliphatic carboxylic acids is 1. The number of nitrogens with zero attached hydrogens (tertiary/aromatic N) is 2. The van der Waals surface area contributed by atoms with E-state index in [1.54, 1.807) is 6.92 Å². The first-order valence-corrected chi connectivity index (χ1v) is 8.61. The number of anilines is 1. The van der Waals surface area contributed by atoms with Crippen LogP contribution in [0.15, 0.2) is 9.59 Å². The molecule has 9 nitrogen and oxygen atoms in total. The third kappa shape index (κ3) is 4.60. The zero-order valence-corrected chi connectivity index (χ0v) is 15.9. The predicted molar refractivity (Wildman–Crippen MR) is 98.4 cm³/mol. The first-order valence-electron chi connectivity index (χ1n) is 8.61. The number of carbonyl (C=O) groups excluding carboxylic acids is 1. The Morgan fingerprint density at radius 3 is 2.27 bits per heavy atom. The molecule has 0 fully saturated rings. The molecule has 0 bridgehead atoms. The van der Waals surface area contributed by atoms with Crippen molar-refractivity contribution in [2.75, 3.05) is 12.3 Å². The number of hydrogen-bond donors (Lipinski definition) is 3. The maximum Gasteiger partial charge on any atom is 0.332 e. The highest BCUT2D eigenvalue weighted by molar-refractivity contribution is 6.01. The van der Waals surface area contributed by atoms with Crippen LogP contribution in [-0.4, -0.2) is 38.6 Å². The van der Waals surface area contributed by atoms with Crippen molar-refractivity contribution in [3.05, 3.63) is 26.4 Å². The monoisotopic (exact) mass is 368 g/mol. The summed E-state index contributed by atoms with van der Waals surface area (Å²) < 4.78 is 2.04. The topological polar surface area (TPSA) is 136 Å². The number of aromatic nitrogens is 2. The van der Waals surface area contributed by atoms with Crippen LogP contribution in [-0.2, 0) is 18.4 Å². The summed E-state index contributed by atoms with van der Waals surface area (Å²) in [7, 11) is 1.28. The van der Waals surface area contributed by atoms with Crippen LogP contribution in [0.3, 0.4) is 0 Å². The first-order chi connectivity index (χ1) is 12.0. The molecule has 0 unspecified atom stereocenters. The molecule has 0 aliphatic rings. The van der Waals surface area contributed by atoms with Gasteiger partial charge >= 0.3 is 11.7 Å². The summed E-state index contributed by atoms with van der Waals surface area (Å²) in [5.41, 5.74) is 4.27. The summed E-state index contributed by atoms with van der Waals surface area (Å²) in [4.78, 5) is 48.5. The number of carboxylic acids is 1. The van der Waals surface area contributed by atoms with E-state index < -0.39 is 29.0 Å². The van der Waals surface area contributed by atoms with E-state index in [-0.39, 0.29) is 36.3 Å². The van der Waals surface area contributed by atoms with Gasteiger partial charge < -0.3 is 10.8 Å².